The van der Waals surface area contributed by atoms with Crippen LogP contribution in [0.3, 0.4) is 0 Å². The van der Waals surface area contributed by atoms with E-state index in [-0.39, 0.29) is 0 Å². The molecule has 0 saturated carbocycles. The molecular formula is C34H38B2O4Si. The highest BCUT2D eigenvalue weighted by molar-refractivity contribution is 7.20. The van der Waals surface area contributed by atoms with Crippen LogP contribution in [0.25, 0.3) is 0 Å². The van der Waals surface area contributed by atoms with E-state index in [1.165, 1.54) is 20.7 Å². The first-order valence-electron chi connectivity index (χ1n) is 14.1. The van der Waals surface area contributed by atoms with Crippen LogP contribution < -0.4 is 31.7 Å². The van der Waals surface area contributed by atoms with Crippen LogP contribution in [-0.4, -0.2) is 55.7 Å². The summed E-state index contributed by atoms with van der Waals surface area (Å²) in [5, 5.41) is 28.4. The van der Waals surface area contributed by atoms with Crippen LogP contribution in [0.15, 0.2) is 109 Å². The van der Waals surface area contributed by atoms with Gasteiger partial charge >= 0.3 is 15.0 Å². The molecule has 1 aliphatic rings. The van der Waals surface area contributed by atoms with Gasteiger partial charge in [-0.2, -0.15) is 0 Å². The fourth-order valence-electron chi connectivity index (χ4n) is 6.01. The van der Waals surface area contributed by atoms with E-state index in [1.807, 2.05) is 26.0 Å². The molecule has 4 aromatic carbocycles. The molecule has 41 heavy (non-hydrogen) atoms. The minimum atomic E-state index is -2.80. The fourth-order valence-corrected chi connectivity index (χ4v) is 10.9. The summed E-state index contributed by atoms with van der Waals surface area (Å²) in [6.07, 6.45) is 0. The Balaban J connectivity index is 1.82. The lowest BCUT2D eigenvalue weighted by Gasteiger charge is -2.56. The quantitative estimate of drug-likeness (QED) is 0.375. The van der Waals surface area contributed by atoms with Crippen molar-refractivity contribution in [1.82, 2.24) is 0 Å². The average molecular weight is 560 g/mol. The molecule has 4 aromatic rings. The molecule has 2 unspecified atom stereocenters. The second-order valence-corrected chi connectivity index (χ2v) is 16.2. The molecule has 7 heteroatoms. The maximum atomic E-state index is 12.1. The van der Waals surface area contributed by atoms with Crippen molar-refractivity contribution in [1.29, 1.82) is 0 Å². The topological polar surface area (TPSA) is 58.9 Å². The average Bonchev–Trinajstić information content (AvgIpc) is 2.96. The van der Waals surface area contributed by atoms with E-state index in [9.17, 15) is 10.2 Å². The van der Waals surface area contributed by atoms with Gasteiger partial charge in [0, 0.05) is 0 Å². The molecule has 2 atom stereocenters. The molecule has 1 aliphatic heterocycles. The van der Waals surface area contributed by atoms with E-state index < -0.39 is 30.5 Å². The summed E-state index contributed by atoms with van der Waals surface area (Å²) in [4.78, 5) is 0. The van der Waals surface area contributed by atoms with E-state index in [0.29, 0.717) is 0 Å². The van der Waals surface area contributed by atoms with Crippen molar-refractivity contribution >= 4 is 54.7 Å². The summed E-state index contributed by atoms with van der Waals surface area (Å²) in [6, 6.07) is 38.4. The van der Waals surface area contributed by atoms with Crippen molar-refractivity contribution in [3.05, 3.63) is 109 Å². The highest BCUT2D eigenvalue weighted by Gasteiger charge is 2.60. The van der Waals surface area contributed by atoms with Gasteiger partial charge in [-0.05, 0) is 62.3 Å². The smallest absolute Gasteiger partial charge is 0.331 e. The number of hydrogen-bond acceptors (Lipinski definition) is 4. The van der Waals surface area contributed by atoms with Crippen molar-refractivity contribution in [2.45, 2.75) is 63.9 Å². The summed E-state index contributed by atoms with van der Waals surface area (Å²) in [5.41, 5.74) is -3.87. The SMILES string of the molecule is CC(C)(O)C1(C)O[B]c2cccc(c2)[Si](c2ccccc2)(c2ccccc2)c2cccc(c2)[B]OC(C)(C)C1(C)O. The van der Waals surface area contributed by atoms with Gasteiger partial charge in [-0.15, -0.1) is 0 Å². The molecule has 1 heterocycles. The van der Waals surface area contributed by atoms with Crippen LogP contribution in [0.5, 0.6) is 0 Å². The van der Waals surface area contributed by atoms with Crippen LogP contribution in [0.1, 0.15) is 41.5 Å². The van der Waals surface area contributed by atoms with Crippen LogP contribution in [-0.2, 0) is 9.31 Å². The van der Waals surface area contributed by atoms with Crippen molar-refractivity contribution in [3.63, 3.8) is 0 Å². The molecule has 0 aliphatic carbocycles. The van der Waals surface area contributed by atoms with Gasteiger partial charge in [0.2, 0.25) is 0 Å². The van der Waals surface area contributed by atoms with Gasteiger partial charge in [0.15, 0.2) is 8.07 Å². The summed E-state index contributed by atoms with van der Waals surface area (Å²) >= 11 is 0. The van der Waals surface area contributed by atoms with Crippen molar-refractivity contribution in [2.24, 2.45) is 0 Å². The molecule has 0 saturated heterocycles. The minimum Gasteiger partial charge on any atom is -0.427 e. The van der Waals surface area contributed by atoms with Gasteiger partial charge in [-0.3, -0.25) is 0 Å². The van der Waals surface area contributed by atoms with Gasteiger partial charge in [0.1, 0.15) is 11.2 Å². The molecule has 0 aromatic heterocycles. The van der Waals surface area contributed by atoms with Crippen LogP contribution in [0, 0.1) is 0 Å². The Bertz CT molecular complexity index is 1460. The molecule has 0 spiro atoms. The predicted molar refractivity (Wildman–Crippen MR) is 172 cm³/mol. The highest BCUT2D eigenvalue weighted by Crippen LogP contribution is 2.43. The molecule has 5 rings (SSSR count). The van der Waals surface area contributed by atoms with Crippen molar-refractivity contribution in [2.75, 3.05) is 0 Å². The number of benzene rings is 4. The third kappa shape index (κ3) is 4.94. The molecule has 0 fully saturated rings. The summed E-state index contributed by atoms with van der Waals surface area (Å²) in [6.45, 7) is 10.3. The van der Waals surface area contributed by atoms with Gasteiger partial charge in [0.05, 0.1) is 11.2 Å². The Kier molecular flexibility index (Phi) is 7.73. The molecule has 4 bridgehead atoms. The van der Waals surface area contributed by atoms with E-state index in [1.54, 1.807) is 42.7 Å². The van der Waals surface area contributed by atoms with E-state index in [2.05, 4.69) is 97.1 Å². The van der Waals surface area contributed by atoms with Gasteiger partial charge in [-0.1, -0.05) is 120 Å². The summed E-state index contributed by atoms with van der Waals surface area (Å²) < 4.78 is 12.8. The molecule has 0 amide bonds. The second-order valence-electron chi connectivity index (χ2n) is 12.4. The lowest BCUT2D eigenvalue weighted by Crippen LogP contribution is -2.75. The minimum absolute atomic E-state index is 0.844. The van der Waals surface area contributed by atoms with Gasteiger partial charge < -0.3 is 19.5 Å². The van der Waals surface area contributed by atoms with E-state index >= 15 is 0 Å². The lowest BCUT2D eigenvalue weighted by atomic mass is 9.65. The van der Waals surface area contributed by atoms with Crippen LogP contribution in [0.4, 0.5) is 0 Å². The summed E-state index contributed by atoms with van der Waals surface area (Å²) in [7, 11) is 0.573. The zero-order valence-corrected chi connectivity index (χ0v) is 25.8. The fraction of sp³-hybridized carbons (Fsp3) is 0.294. The summed E-state index contributed by atoms with van der Waals surface area (Å²) in [5.74, 6) is 0. The first-order valence-corrected chi connectivity index (χ1v) is 16.1. The Hall–Kier alpha value is -2.93. The van der Waals surface area contributed by atoms with Gasteiger partial charge in [0.25, 0.3) is 0 Å². The standard InChI is InChI=1S/C34H38B2O4Si/c1-31(2,37)34(6)33(5,38)32(3,4)39-35-25-15-13-21-29(23-25)41(27-17-9-7-10-18-27,28-19-11-8-12-20-28)30-22-14-16-26(24-30)36-40-34/h7-24,37-38H,1-6H3. The third-order valence-corrected chi connectivity index (χ3v) is 14.0. The number of aliphatic hydroxyl groups is 2. The zero-order chi connectivity index (χ0) is 29.5. The van der Waals surface area contributed by atoms with Gasteiger partial charge in [-0.25, -0.2) is 0 Å². The molecule has 4 nitrogen and oxygen atoms in total. The molecule has 2 N–H and O–H groups in total. The number of fused-ring (bicyclic) bond motifs is 4. The molecule has 208 valence electrons. The monoisotopic (exact) mass is 560 g/mol. The number of hydrogen-bond donors (Lipinski definition) is 2. The van der Waals surface area contributed by atoms with Crippen LogP contribution >= 0.6 is 0 Å². The highest BCUT2D eigenvalue weighted by atomic mass is 28.3. The first-order chi connectivity index (χ1) is 19.3. The molecule has 2 radical (unpaired) electrons. The maximum absolute atomic E-state index is 12.1. The Morgan fingerprint density at radius 3 is 1.46 bits per heavy atom. The Labute approximate surface area is 246 Å². The normalized spacial score (nSPS) is 23.9. The van der Waals surface area contributed by atoms with Crippen molar-refractivity contribution < 1.29 is 19.5 Å². The largest absolute Gasteiger partial charge is 0.427 e. The second kappa shape index (κ2) is 10.7. The van der Waals surface area contributed by atoms with E-state index in [4.69, 9.17) is 9.31 Å². The Morgan fingerprint density at radius 2 is 1.02 bits per heavy atom. The third-order valence-electron chi connectivity index (χ3n) is 9.24. The number of rotatable bonds is 3. The van der Waals surface area contributed by atoms with Crippen LogP contribution in [0.2, 0.25) is 0 Å². The van der Waals surface area contributed by atoms with Crippen molar-refractivity contribution in [3.8, 4) is 0 Å². The lowest BCUT2D eigenvalue weighted by molar-refractivity contribution is -0.254. The molecular weight excluding hydrogens is 522 g/mol. The predicted octanol–water partition coefficient (Wildman–Crippen LogP) is 1.66. The van der Waals surface area contributed by atoms with E-state index in [0.717, 1.165) is 10.9 Å². The first kappa shape index (κ1) is 29.6. The zero-order valence-electron chi connectivity index (χ0n) is 24.8. The maximum Gasteiger partial charge on any atom is 0.331 e. The Morgan fingerprint density at radius 1 is 0.610 bits per heavy atom.